The molecule has 1 N–H and O–H groups in total. The summed E-state index contributed by atoms with van der Waals surface area (Å²) in [5, 5.41) is 0.660. The predicted molar refractivity (Wildman–Crippen MR) is 76.7 cm³/mol. The highest BCUT2D eigenvalue weighted by molar-refractivity contribution is 9.10. The lowest BCUT2D eigenvalue weighted by Gasteiger charge is -2.02. The number of aldehydes is 1. The van der Waals surface area contributed by atoms with Crippen molar-refractivity contribution in [2.24, 2.45) is 0 Å². The monoisotopic (exact) mass is 335 g/mol. The number of benzene rings is 2. The maximum Gasteiger partial charge on any atom is 0.152 e. The van der Waals surface area contributed by atoms with Crippen LogP contribution in [-0.4, -0.2) is 11.3 Å². The number of carbonyl (C=O) groups excluding carboxylic acids is 1. The number of hydrogen-bond donors (Lipinski definition) is 1. The molecule has 0 aliphatic heterocycles. The quantitative estimate of drug-likeness (QED) is 0.677. The highest BCUT2D eigenvalue weighted by atomic mass is 79.9. The van der Waals surface area contributed by atoms with Gasteiger partial charge in [-0.1, -0.05) is 15.9 Å². The standard InChI is InChI=1S/C15H8BrF2NO/c16-8-1-4-14-10(5-8)12(7-20)15(19-14)11-6-9(17)2-3-13(11)18/h1-7,19H. The zero-order valence-corrected chi connectivity index (χ0v) is 11.7. The molecule has 0 amide bonds. The van der Waals surface area contributed by atoms with E-state index in [0.717, 1.165) is 22.7 Å². The Hall–Kier alpha value is -2.01. The minimum Gasteiger partial charge on any atom is -0.354 e. The molecule has 2 nitrogen and oxygen atoms in total. The van der Waals surface area contributed by atoms with Crippen molar-refractivity contribution in [2.75, 3.05) is 0 Å². The summed E-state index contributed by atoms with van der Waals surface area (Å²) in [6.07, 6.45) is 0.644. The molecule has 1 aromatic heterocycles. The molecule has 2 aromatic carbocycles. The molecular weight excluding hydrogens is 328 g/mol. The fourth-order valence-electron chi connectivity index (χ4n) is 2.21. The zero-order chi connectivity index (χ0) is 14.3. The zero-order valence-electron chi connectivity index (χ0n) is 10.1. The third kappa shape index (κ3) is 2.04. The molecule has 20 heavy (non-hydrogen) atoms. The second-order valence-electron chi connectivity index (χ2n) is 4.35. The van der Waals surface area contributed by atoms with Gasteiger partial charge in [0.05, 0.1) is 5.69 Å². The Morgan fingerprint density at radius 2 is 1.90 bits per heavy atom. The molecule has 0 aliphatic carbocycles. The molecule has 0 unspecified atom stereocenters. The fourth-order valence-corrected chi connectivity index (χ4v) is 2.57. The Balaban J connectivity index is 2.36. The molecule has 0 bridgehead atoms. The van der Waals surface area contributed by atoms with Crippen LogP contribution >= 0.6 is 15.9 Å². The van der Waals surface area contributed by atoms with Gasteiger partial charge in [-0.25, -0.2) is 8.78 Å². The minimum absolute atomic E-state index is 0.0411. The van der Waals surface area contributed by atoms with Crippen molar-refractivity contribution in [1.29, 1.82) is 0 Å². The van der Waals surface area contributed by atoms with Gasteiger partial charge in [0.15, 0.2) is 6.29 Å². The van der Waals surface area contributed by atoms with E-state index >= 15 is 0 Å². The Morgan fingerprint density at radius 3 is 2.65 bits per heavy atom. The lowest BCUT2D eigenvalue weighted by molar-refractivity contribution is 0.112. The van der Waals surface area contributed by atoms with Crippen LogP contribution in [0.25, 0.3) is 22.2 Å². The first-order valence-corrected chi connectivity index (χ1v) is 6.61. The van der Waals surface area contributed by atoms with Gasteiger partial charge in [-0.05, 0) is 36.4 Å². The van der Waals surface area contributed by atoms with Crippen LogP contribution in [0, 0.1) is 11.6 Å². The van der Waals surface area contributed by atoms with E-state index in [9.17, 15) is 13.6 Å². The van der Waals surface area contributed by atoms with Crippen molar-refractivity contribution in [1.82, 2.24) is 4.98 Å². The highest BCUT2D eigenvalue weighted by Gasteiger charge is 2.16. The van der Waals surface area contributed by atoms with Gasteiger partial charge in [-0.3, -0.25) is 4.79 Å². The van der Waals surface area contributed by atoms with Gasteiger partial charge in [-0.15, -0.1) is 0 Å². The Labute approximate surface area is 121 Å². The van der Waals surface area contributed by atoms with E-state index in [1.54, 1.807) is 18.2 Å². The average Bonchev–Trinajstić information content (AvgIpc) is 2.79. The Bertz CT molecular complexity index is 826. The molecule has 3 rings (SSSR count). The average molecular weight is 336 g/mol. The number of hydrogen-bond acceptors (Lipinski definition) is 1. The van der Waals surface area contributed by atoms with Crippen LogP contribution in [0.3, 0.4) is 0 Å². The molecule has 100 valence electrons. The van der Waals surface area contributed by atoms with Crippen molar-refractivity contribution in [3.05, 3.63) is 58.1 Å². The van der Waals surface area contributed by atoms with E-state index in [1.165, 1.54) is 0 Å². The first kappa shape index (κ1) is 13.0. The van der Waals surface area contributed by atoms with Crippen LogP contribution in [0.15, 0.2) is 40.9 Å². The number of carbonyl (C=O) groups is 1. The second kappa shape index (κ2) is 4.83. The summed E-state index contributed by atoms with van der Waals surface area (Å²) in [5.74, 6) is -1.14. The molecule has 0 saturated carbocycles. The van der Waals surface area contributed by atoms with Crippen LogP contribution in [0.5, 0.6) is 0 Å². The minimum atomic E-state index is -0.583. The van der Waals surface area contributed by atoms with Gasteiger partial charge >= 0.3 is 0 Å². The van der Waals surface area contributed by atoms with E-state index in [0.29, 0.717) is 22.8 Å². The summed E-state index contributed by atoms with van der Waals surface area (Å²) in [6, 6.07) is 8.49. The SMILES string of the molecule is O=Cc1c(-c2cc(F)ccc2F)[nH]c2ccc(Br)cc12. The van der Waals surface area contributed by atoms with Gasteiger partial charge in [0, 0.05) is 26.5 Å². The van der Waals surface area contributed by atoms with E-state index < -0.39 is 11.6 Å². The van der Waals surface area contributed by atoms with Crippen molar-refractivity contribution in [2.45, 2.75) is 0 Å². The smallest absolute Gasteiger partial charge is 0.152 e. The highest BCUT2D eigenvalue weighted by Crippen LogP contribution is 2.32. The summed E-state index contributed by atoms with van der Waals surface area (Å²) in [4.78, 5) is 14.3. The van der Waals surface area contributed by atoms with Crippen molar-refractivity contribution >= 4 is 33.1 Å². The first-order chi connectivity index (χ1) is 9.60. The van der Waals surface area contributed by atoms with Gasteiger partial charge < -0.3 is 4.98 Å². The molecular formula is C15H8BrF2NO. The lowest BCUT2D eigenvalue weighted by atomic mass is 10.1. The van der Waals surface area contributed by atoms with E-state index in [4.69, 9.17) is 0 Å². The molecule has 0 spiro atoms. The lowest BCUT2D eigenvalue weighted by Crippen LogP contribution is -1.90. The van der Waals surface area contributed by atoms with E-state index in [2.05, 4.69) is 20.9 Å². The van der Waals surface area contributed by atoms with Crippen LogP contribution in [0.1, 0.15) is 10.4 Å². The fraction of sp³-hybridized carbons (Fsp3) is 0. The molecule has 0 fully saturated rings. The number of aromatic amines is 1. The summed E-state index contributed by atoms with van der Waals surface area (Å²) in [6.45, 7) is 0. The maximum absolute atomic E-state index is 13.9. The molecule has 0 radical (unpaired) electrons. The molecule has 5 heteroatoms. The van der Waals surface area contributed by atoms with E-state index in [1.807, 2.05) is 0 Å². The summed E-state index contributed by atoms with van der Waals surface area (Å²) in [7, 11) is 0. The first-order valence-electron chi connectivity index (χ1n) is 5.82. The van der Waals surface area contributed by atoms with Crippen molar-refractivity contribution in [3.8, 4) is 11.3 Å². The predicted octanol–water partition coefficient (Wildman–Crippen LogP) is 4.69. The van der Waals surface area contributed by atoms with Crippen LogP contribution in [0.2, 0.25) is 0 Å². The normalized spacial score (nSPS) is 10.9. The number of rotatable bonds is 2. The molecule has 0 atom stereocenters. The van der Waals surface area contributed by atoms with Gasteiger partial charge in [-0.2, -0.15) is 0 Å². The molecule has 0 saturated heterocycles. The van der Waals surface area contributed by atoms with Gasteiger partial charge in [0.2, 0.25) is 0 Å². The topological polar surface area (TPSA) is 32.9 Å². The largest absolute Gasteiger partial charge is 0.354 e. The number of nitrogens with one attached hydrogen (secondary N) is 1. The van der Waals surface area contributed by atoms with Crippen LogP contribution < -0.4 is 0 Å². The second-order valence-corrected chi connectivity index (χ2v) is 5.26. The molecule has 1 heterocycles. The maximum atomic E-state index is 13.9. The summed E-state index contributed by atoms with van der Waals surface area (Å²) < 4.78 is 28.0. The third-order valence-corrected chi connectivity index (χ3v) is 3.61. The molecule has 0 aliphatic rings. The van der Waals surface area contributed by atoms with Crippen molar-refractivity contribution < 1.29 is 13.6 Å². The van der Waals surface area contributed by atoms with Crippen molar-refractivity contribution in [3.63, 3.8) is 0 Å². The van der Waals surface area contributed by atoms with Gasteiger partial charge in [0.25, 0.3) is 0 Å². The Kier molecular flexibility index (Phi) is 3.14. The third-order valence-electron chi connectivity index (χ3n) is 3.12. The Morgan fingerprint density at radius 1 is 1.10 bits per heavy atom. The number of halogens is 3. The number of fused-ring (bicyclic) bond motifs is 1. The van der Waals surface area contributed by atoms with Crippen LogP contribution in [0.4, 0.5) is 8.78 Å². The van der Waals surface area contributed by atoms with Crippen LogP contribution in [-0.2, 0) is 0 Å². The summed E-state index contributed by atoms with van der Waals surface area (Å²) in [5.41, 5.74) is 1.32. The summed E-state index contributed by atoms with van der Waals surface area (Å²) >= 11 is 3.32. The van der Waals surface area contributed by atoms with Gasteiger partial charge in [0.1, 0.15) is 11.6 Å². The number of H-pyrrole nitrogens is 1. The molecule has 3 aromatic rings. The number of aromatic nitrogens is 1. The van der Waals surface area contributed by atoms with E-state index in [-0.39, 0.29) is 11.3 Å².